The van der Waals surface area contributed by atoms with Crippen LogP contribution < -0.4 is 0 Å². The van der Waals surface area contributed by atoms with E-state index in [1.165, 1.54) is 30.1 Å². The number of benzene rings is 2. The van der Waals surface area contributed by atoms with Crippen molar-refractivity contribution in [1.82, 2.24) is 4.90 Å². The van der Waals surface area contributed by atoms with E-state index >= 15 is 0 Å². The molecule has 0 aliphatic carbocycles. The van der Waals surface area contributed by atoms with Crippen LogP contribution >= 0.6 is 11.8 Å². The topological polar surface area (TPSA) is 88.2 Å². The fourth-order valence-electron chi connectivity index (χ4n) is 2.62. The van der Waals surface area contributed by atoms with Gasteiger partial charge in [-0.2, -0.15) is 5.10 Å². The van der Waals surface area contributed by atoms with Crippen molar-refractivity contribution in [3.05, 3.63) is 75.8 Å². The summed E-state index contributed by atoms with van der Waals surface area (Å²) in [5, 5.41) is 19.5. The van der Waals surface area contributed by atoms with Gasteiger partial charge in [0.05, 0.1) is 22.9 Å². The first-order chi connectivity index (χ1) is 13.1. The number of hydrogen-bond donors (Lipinski definition) is 0. The number of hydrogen-bond acceptors (Lipinski definition) is 6. The second-order valence-corrected chi connectivity index (χ2v) is 7.07. The number of nitrogens with zero attached hydrogens (tertiary/aromatic N) is 4. The van der Waals surface area contributed by atoms with Crippen molar-refractivity contribution < 1.29 is 9.72 Å². The summed E-state index contributed by atoms with van der Waals surface area (Å²) in [4.78, 5) is 24.6. The van der Waals surface area contributed by atoms with E-state index in [4.69, 9.17) is 0 Å². The molecular weight excluding hydrogens is 364 g/mol. The molecular formula is C19H18N4O3S. The van der Waals surface area contributed by atoms with Gasteiger partial charge in [0.2, 0.25) is 5.91 Å². The molecule has 0 N–H and O–H groups in total. The van der Waals surface area contributed by atoms with Crippen molar-refractivity contribution in [3.8, 4) is 0 Å². The molecule has 1 aliphatic rings. The van der Waals surface area contributed by atoms with Crippen LogP contribution in [0, 0.1) is 10.1 Å². The van der Waals surface area contributed by atoms with Gasteiger partial charge in [-0.05, 0) is 12.0 Å². The molecule has 138 valence electrons. The Labute approximate surface area is 160 Å². The molecule has 1 fully saturated rings. The standard InChI is InChI=1S/C19H18N4O3S/c1-2-17-18(24)22(13-14-7-4-3-5-8-14)19(27-17)21-20-12-15-9-6-10-16(11-15)23(25)26/h3-12,17H,2,13H2,1H3/b20-12-,21-19-/t17-/m1/s1. The van der Waals surface area contributed by atoms with Gasteiger partial charge in [-0.15, -0.1) is 5.10 Å². The molecule has 0 aromatic heterocycles. The fraction of sp³-hybridized carbons (Fsp3) is 0.211. The summed E-state index contributed by atoms with van der Waals surface area (Å²) in [6, 6.07) is 15.8. The Hall–Kier alpha value is -3.00. The maximum absolute atomic E-state index is 12.6. The van der Waals surface area contributed by atoms with Crippen LogP contribution in [0.2, 0.25) is 0 Å². The zero-order valence-electron chi connectivity index (χ0n) is 14.7. The molecule has 1 amide bonds. The summed E-state index contributed by atoms with van der Waals surface area (Å²) in [7, 11) is 0. The molecule has 3 rings (SSSR count). The maximum atomic E-state index is 12.6. The van der Waals surface area contributed by atoms with E-state index in [0.29, 0.717) is 23.7 Å². The van der Waals surface area contributed by atoms with Crippen molar-refractivity contribution in [2.45, 2.75) is 25.1 Å². The predicted molar refractivity (Wildman–Crippen MR) is 107 cm³/mol. The van der Waals surface area contributed by atoms with Crippen molar-refractivity contribution in [3.63, 3.8) is 0 Å². The number of carbonyl (C=O) groups is 1. The van der Waals surface area contributed by atoms with Gasteiger partial charge in [0, 0.05) is 17.7 Å². The summed E-state index contributed by atoms with van der Waals surface area (Å²) in [6.07, 6.45) is 2.16. The molecule has 1 heterocycles. The molecule has 1 aliphatic heterocycles. The zero-order valence-corrected chi connectivity index (χ0v) is 15.5. The van der Waals surface area contributed by atoms with Gasteiger partial charge in [-0.3, -0.25) is 19.8 Å². The minimum Gasteiger partial charge on any atom is -0.284 e. The van der Waals surface area contributed by atoms with Crippen LogP contribution in [0.5, 0.6) is 0 Å². The van der Waals surface area contributed by atoms with Crippen molar-refractivity contribution in [2.75, 3.05) is 0 Å². The monoisotopic (exact) mass is 382 g/mol. The molecule has 0 radical (unpaired) electrons. The molecule has 0 bridgehead atoms. The lowest BCUT2D eigenvalue weighted by atomic mass is 10.2. The average molecular weight is 382 g/mol. The zero-order chi connectivity index (χ0) is 19.2. The highest BCUT2D eigenvalue weighted by atomic mass is 32.2. The first-order valence-electron chi connectivity index (χ1n) is 8.46. The lowest BCUT2D eigenvalue weighted by Crippen LogP contribution is -2.31. The van der Waals surface area contributed by atoms with E-state index in [-0.39, 0.29) is 16.8 Å². The molecule has 1 atom stereocenters. The lowest BCUT2D eigenvalue weighted by Gasteiger charge is -2.15. The van der Waals surface area contributed by atoms with Crippen molar-refractivity contribution in [1.29, 1.82) is 0 Å². The molecule has 0 saturated carbocycles. The van der Waals surface area contributed by atoms with E-state index < -0.39 is 4.92 Å². The normalized spacial score (nSPS) is 18.6. The number of rotatable bonds is 6. The highest BCUT2D eigenvalue weighted by Crippen LogP contribution is 2.30. The molecule has 7 nitrogen and oxygen atoms in total. The number of thioether (sulfide) groups is 1. The number of non-ortho nitro benzene ring substituents is 1. The summed E-state index contributed by atoms with van der Waals surface area (Å²) >= 11 is 1.39. The van der Waals surface area contributed by atoms with Gasteiger partial charge in [-0.25, -0.2) is 0 Å². The van der Waals surface area contributed by atoms with Crippen LogP contribution in [0.1, 0.15) is 24.5 Å². The van der Waals surface area contributed by atoms with E-state index in [1.807, 2.05) is 37.3 Å². The molecule has 8 heteroatoms. The smallest absolute Gasteiger partial charge is 0.270 e. The number of amidine groups is 1. The number of nitro benzene ring substituents is 1. The van der Waals surface area contributed by atoms with E-state index in [2.05, 4.69) is 10.2 Å². The molecule has 2 aromatic carbocycles. The van der Waals surface area contributed by atoms with Gasteiger partial charge >= 0.3 is 0 Å². The largest absolute Gasteiger partial charge is 0.284 e. The third-order valence-corrected chi connectivity index (χ3v) is 5.34. The predicted octanol–water partition coefficient (Wildman–Crippen LogP) is 3.84. The highest BCUT2D eigenvalue weighted by molar-refractivity contribution is 8.15. The third-order valence-electron chi connectivity index (χ3n) is 4.01. The Bertz CT molecular complexity index is 899. The van der Waals surface area contributed by atoms with Gasteiger partial charge in [0.15, 0.2) is 5.17 Å². The third kappa shape index (κ3) is 4.59. The maximum Gasteiger partial charge on any atom is 0.270 e. The first-order valence-corrected chi connectivity index (χ1v) is 9.34. The summed E-state index contributed by atoms with van der Waals surface area (Å²) in [6.45, 7) is 2.40. The van der Waals surface area contributed by atoms with E-state index in [9.17, 15) is 14.9 Å². The van der Waals surface area contributed by atoms with Crippen molar-refractivity contribution in [2.24, 2.45) is 10.2 Å². The lowest BCUT2D eigenvalue weighted by molar-refractivity contribution is -0.384. The van der Waals surface area contributed by atoms with E-state index in [0.717, 1.165) is 5.56 Å². The van der Waals surface area contributed by atoms with Gasteiger partial charge in [0.25, 0.3) is 5.69 Å². The summed E-state index contributed by atoms with van der Waals surface area (Å²) in [5.41, 5.74) is 1.58. The van der Waals surface area contributed by atoms with Crippen molar-refractivity contribution >= 4 is 34.7 Å². The molecule has 2 aromatic rings. The fourth-order valence-corrected chi connectivity index (χ4v) is 3.65. The van der Waals surface area contributed by atoms with Crippen LogP contribution in [0.4, 0.5) is 5.69 Å². The second-order valence-electron chi connectivity index (χ2n) is 5.90. The van der Waals surface area contributed by atoms with Crippen LogP contribution in [0.3, 0.4) is 0 Å². The summed E-state index contributed by atoms with van der Waals surface area (Å²) in [5.74, 6) is 0.0238. The average Bonchev–Trinajstić information content (AvgIpc) is 2.98. The number of nitro groups is 1. The van der Waals surface area contributed by atoms with Gasteiger partial charge in [-0.1, -0.05) is 61.2 Å². The minimum atomic E-state index is -0.456. The Morgan fingerprint density at radius 2 is 2.00 bits per heavy atom. The van der Waals surface area contributed by atoms with Gasteiger partial charge < -0.3 is 0 Å². The van der Waals surface area contributed by atoms with Crippen LogP contribution in [0.15, 0.2) is 64.8 Å². The molecule has 27 heavy (non-hydrogen) atoms. The number of carbonyl (C=O) groups excluding carboxylic acids is 1. The molecule has 0 spiro atoms. The Kier molecular flexibility index (Phi) is 5.97. The summed E-state index contributed by atoms with van der Waals surface area (Å²) < 4.78 is 0. The Morgan fingerprint density at radius 1 is 1.22 bits per heavy atom. The van der Waals surface area contributed by atoms with Crippen LogP contribution in [0.25, 0.3) is 0 Å². The minimum absolute atomic E-state index is 0.00577. The van der Waals surface area contributed by atoms with Crippen LogP contribution in [-0.2, 0) is 11.3 Å². The van der Waals surface area contributed by atoms with Gasteiger partial charge in [0.1, 0.15) is 0 Å². The first kappa shape index (κ1) is 18.8. The second kappa shape index (κ2) is 8.59. The highest BCUT2D eigenvalue weighted by Gasteiger charge is 2.36. The Balaban J connectivity index is 1.80. The number of amides is 1. The SMILES string of the molecule is CC[C@H]1S/C(=N\N=C/c2cccc([N+](=O)[O-])c2)N(Cc2ccccc2)C1=O. The van der Waals surface area contributed by atoms with Crippen LogP contribution in [-0.4, -0.2) is 32.4 Å². The Morgan fingerprint density at radius 3 is 2.70 bits per heavy atom. The molecule has 1 saturated heterocycles. The van der Waals surface area contributed by atoms with E-state index in [1.54, 1.807) is 17.0 Å². The molecule has 0 unspecified atom stereocenters. The quantitative estimate of drug-likeness (QED) is 0.431.